The summed E-state index contributed by atoms with van der Waals surface area (Å²) >= 11 is 0. The van der Waals surface area contributed by atoms with E-state index in [1.807, 2.05) is 23.6 Å². The van der Waals surface area contributed by atoms with E-state index >= 15 is 0 Å². The number of piperidine rings is 1. The van der Waals surface area contributed by atoms with Gasteiger partial charge in [0.25, 0.3) is 0 Å². The molecule has 2 amide bonds. The summed E-state index contributed by atoms with van der Waals surface area (Å²) in [6.45, 7) is 6.36. The third-order valence-electron chi connectivity index (χ3n) is 4.90. The fourth-order valence-corrected chi connectivity index (χ4v) is 3.71. The third kappa shape index (κ3) is 3.15. The molecule has 0 spiro atoms. The van der Waals surface area contributed by atoms with Gasteiger partial charge in [0, 0.05) is 38.0 Å². The zero-order valence-corrected chi connectivity index (χ0v) is 12.9. The molecule has 2 unspecified atom stereocenters. The molecule has 1 saturated carbocycles. The van der Waals surface area contributed by atoms with Crippen LogP contribution >= 0.6 is 0 Å². The molecule has 1 aliphatic heterocycles. The van der Waals surface area contributed by atoms with Crippen LogP contribution in [0.5, 0.6) is 0 Å². The third-order valence-corrected chi connectivity index (χ3v) is 4.90. The van der Waals surface area contributed by atoms with Gasteiger partial charge >= 0.3 is 6.03 Å². The molecule has 2 aliphatic rings. The van der Waals surface area contributed by atoms with Crippen molar-refractivity contribution in [1.29, 1.82) is 0 Å². The Morgan fingerprint density at radius 2 is 1.85 bits per heavy atom. The summed E-state index contributed by atoms with van der Waals surface area (Å²) in [6.07, 6.45) is 7.09. The molecule has 0 radical (unpaired) electrons. The van der Waals surface area contributed by atoms with E-state index in [1.54, 1.807) is 0 Å². The standard InChI is InChI=1S/C16H28N2O2/c1-3-17(4-2)16(20)18-12-8-7-10-14(18)13-9-5-6-11-15(13)19/h13-14H,3-12H2,1-2H3. The average Bonchev–Trinajstić information content (AvgIpc) is 2.49. The topological polar surface area (TPSA) is 40.6 Å². The van der Waals surface area contributed by atoms with E-state index in [0.717, 1.165) is 58.2 Å². The Labute approximate surface area is 122 Å². The van der Waals surface area contributed by atoms with Crippen LogP contribution in [0.15, 0.2) is 0 Å². The summed E-state index contributed by atoms with van der Waals surface area (Å²) in [5, 5.41) is 0. The van der Waals surface area contributed by atoms with Gasteiger partial charge in [0.1, 0.15) is 5.78 Å². The van der Waals surface area contributed by atoms with Gasteiger partial charge in [-0.2, -0.15) is 0 Å². The molecule has 20 heavy (non-hydrogen) atoms. The van der Waals surface area contributed by atoms with Crippen LogP contribution in [0.3, 0.4) is 0 Å². The van der Waals surface area contributed by atoms with E-state index in [-0.39, 0.29) is 18.0 Å². The first-order chi connectivity index (χ1) is 9.69. The largest absolute Gasteiger partial charge is 0.325 e. The first-order valence-electron chi connectivity index (χ1n) is 8.27. The van der Waals surface area contributed by atoms with Gasteiger partial charge in [-0.05, 0) is 46.0 Å². The number of Topliss-reactive ketones (excluding diaryl/α,β-unsaturated/α-hetero) is 1. The smallest absolute Gasteiger partial charge is 0.320 e. The number of ketones is 1. The second-order valence-corrected chi connectivity index (χ2v) is 6.03. The maximum absolute atomic E-state index is 12.7. The van der Waals surface area contributed by atoms with Gasteiger partial charge in [-0.25, -0.2) is 4.79 Å². The number of likely N-dealkylation sites (tertiary alicyclic amines) is 1. The van der Waals surface area contributed by atoms with E-state index in [9.17, 15) is 9.59 Å². The first kappa shape index (κ1) is 15.3. The highest BCUT2D eigenvalue weighted by Crippen LogP contribution is 2.32. The SMILES string of the molecule is CCN(CC)C(=O)N1CCCCC1C1CCCCC1=O. The van der Waals surface area contributed by atoms with Crippen LogP contribution in [0.1, 0.15) is 58.8 Å². The van der Waals surface area contributed by atoms with Gasteiger partial charge < -0.3 is 9.80 Å². The number of hydrogen-bond acceptors (Lipinski definition) is 2. The summed E-state index contributed by atoms with van der Waals surface area (Å²) in [7, 11) is 0. The molecule has 114 valence electrons. The van der Waals surface area contributed by atoms with Crippen LogP contribution in [0, 0.1) is 5.92 Å². The molecular weight excluding hydrogens is 252 g/mol. The van der Waals surface area contributed by atoms with E-state index < -0.39 is 0 Å². The molecule has 0 N–H and O–H groups in total. The van der Waals surface area contributed by atoms with Crippen molar-refractivity contribution in [2.24, 2.45) is 5.92 Å². The predicted molar refractivity (Wildman–Crippen MR) is 79.6 cm³/mol. The van der Waals surface area contributed by atoms with Crippen molar-refractivity contribution in [3.63, 3.8) is 0 Å². The molecule has 4 heteroatoms. The Balaban J connectivity index is 2.11. The monoisotopic (exact) mass is 280 g/mol. The summed E-state index contributed by atoms with van der Waals surface area (Å²) in [5.41, 5.74) is 0. The summed E-state index contributed by atoms with van der Waals surface area (Å²) in [4.78, 5) is 28.8. The molecule has 2 atom stereocenters. The number of carbonyl (C=O) groups is 2. The molecule has 1 heterocycles. The Kier molecular flexibility index (Phi) is 5.44. The van der Waals surface area contributed by atoms with Crippen molar-refractivity contribution in [1.82, 2.24) is 9.80 Å². The molecule has 0 aromatic rings. The molecule has 0 bridgehead atoms. The Morgan fingerprint density at radius 3 is 2.50 bits per heavy atom. The van der Waals surface area contributed by atoms with E-state index in [0.29, 0.717) is 12.2 Å². The number of carbonyl (C=O) groups excluding carboxylic acids is 2. The summed E-state index contributed by atoms with van der Waals surface area (Å²) in [6, 6.07) is 0.294. The van der Waals surface area contributed by atoms with Crippen LogP contribution in [0.4, 0.5) is 4.79 Å². The van der Waals surface area contributed by atoms with Crippen LogP contribution in [0.2, 0.25) is 0 Å². The van der Waals surface area contributed by atoms with Crippen LogP contribution in [-0.4, -0.2) is 47.3 Å². The lowest BCUT2D eigenvalue weighted by atomic mass is 9.79. The minimum Gasteiger partial charge on any atom is -0.325 e. The number of amides is 2. The minimum atomic E-state index is 0.101. The van der Waals surface area contributed by atoms with Crippen LogP contribution in [-0.2, 0) is 4.79 Å². The van der Waals surface area contributed by atoms with Crippen molar-refractivity contribution in [3.05, 3.63) is 0 Å². The molecule has 2 rings (SSSR count). The van der Waals surface area contributed by atoms with Gasteiger partial charge in [-0.3, -0.25) is 4.79 Å². The van der Waals surface area contributed by atoms with Gasteiger partial charge in [0.15, 0.2) is 0 Å². The van der Waals surface area contributed by atoms with Gasteiger partial charge in [-0.1, -0.05) is 6.42 Å². The maximum atomic E-state index is 12.7. The lowest BCUT2D eigenvalue weighted by Crippen LogP contribution is -2.54. The highest BCUT2D eigenvalue weighted by atomic mass is 16.2. The maximum Gasteiger partial charge on any atom is 0.320 e. The summed E-state index contributed by atoms with van der Waals surface area (Å²) < 4.78 is 0. The molecule has 2 fully saturated rings. The molecule has 1 saturated heterocycles. The molecular formula is C16H28N2O2. The zero-order chi connectivity index (χ0) is 14.5. The highest BCUT2D eigenvalue weighted by molar-refractivity contribution is 5.83. The van der Waals surface area contributed by atoms with Crippen molar-refractivity contribution < 1.29 is 9.59 Å². The normalized spacial score (nSPS) is 27.5. The number of urea groups is 1. The Bertz CT molecular complexity index is 352. The quantitative estimate of drug-likeness (QED) is 0.797. The lowest BCUT2D eigenvalue weighted by Gasteiger charge is -2.42. The highest BCUT2D eigenvalue weighted by Gasteiger charge is 2.38. The van der Waals surface area contributed by atoms with E-state index in [2.05, 4.69) is 0 Å². The first-order valence-corrected chi connectivity index (χ1v) is 8.27. The zero-order valence-electron chi connectivity index (χ0n) is 12.9. The lowest BCUT2D eigenvalue weighted by molar-refractivity contribution is -0.127. The van der Waals surface area contributed by atoms with Crippen LogP contribution in [0.25, 0.3) is 0 Å². The molecule has 0 aromatic carbocycles. The van der Waals surface area contributed by atoms with Gasteiger partial charge in [0.05, 0.1) is 0 Å². The van der Waals surface area contributed by atoms with Gasteiger partial charge in [0.2, 0.25) is 0 Å². The van der Waals surface area contributed by atoms with Crippen LogP contribution < -0.4 is 0 Å². The molecule has 1 aliphatic carbocycles. The molecule has 4 nitrogen and oxygen atoms in total. The second kappa shape index (κ2) is 7.09. The van der Waals surface area contributed by atoms with Crippen molar-refractivity contribution >= 4 is 11.8 Å². The van der Waals surface area contributed by atoms with Crippen molar-refractivity contribution in [2.75, 3.05) is 19.6 Å². The summed E-state index contributed by atoms with van der Waals surface area (Å²) in [5.74, 6) is 0.490. The predicted octanol–water partition coefficient (Wildman–Crippen LogP) is 3.06. The van der Waals surface area contributed by atoms with Crippen molar-refractivity contribution in [2.45, 2.75) is 64.8 Å². The molecule has 0 aromatic heterocycles. The Morgan fingerprint density at radius 1 is 1.15 bits per heavy atom. The average molecular weight is 280 g/mol. The second-order valence-electron chi connectivity index (χ2n) is 6.03. The van der Waals surface area contributed by atoms with E-state index in [4.69, 9.17) is 0 Å². The van der Waals surface area contributed by atoms with E-state index in [1.165, 1.54) is 0 Å². The minimum absolute atomic E-state index is 0.101. The number of nitrogens with zero attached hydrogens (tertiary/aromatic N) is 2. The fraction of sp³-hybridized carbons (Fsp3) is 0.875. The number of hydrogen-bond donors (Lipinski definition) is 0. The Hall–Kier alpha value is -1.06. The number of rotatable bonds is 3. The van der Waals surface area contributed by atoms with Crippen molar-refractivity contribution in [3.8, 4) is 0 Å². The van der Waals surface area contributed by atoms with Gasteiger partial charge in [-0.15, -0.1) is 0 Å². The fourth-order valence-electron chi connectivity index (χ4n) is 3.71.